The van der Waals surface area contributed by atoms with Gasteiger partial charge in [0.05, 0.1) is 13.2 Å². The van der Waals surface area contributed by atoms with Crippen molar-refractivity contribution in [2.24, 2.45) is 0 Å². The Balaban J connectivity index is 1.48. The normalized spacial score (nSPS) is 20.3. The maximum atomic E-state index is 11.9. The van der Waals surface area contributed by atoms with Gasteiger partial charge in [0.2, 0.25) is 0 Å². The van der Waals surface area contributed by atoms with E-state index in [9.17, 15) is 9.59 Å². The molecule has 7 nitrogen and oxygen atoms in total. The van der Waals surface area contributed by atoms with Crippen LogP contribution in [0.15, 0.2) is 72.8 Å². The zero-order chi connectivity index (χ0) is 23.5. The molecule has 0 saturated carbocycles. The molecule has 4 unspecified atom stereocenters. The fourth-order valence-electron chi connectivity index (χ4n) is 3.37. The number of amides is 2. The Morgan fingerprint density at radius 2 is 1.12 bits per heavy atom. The van der Waals surface area contributed by atoms with Crippen LogP contribution in [0.3, 0.4) is 0 Å². The molecule has 2 aromatic carbocycles. The predicted molar refractivity (Wildman–Crippen MR) is 126 cm³/mol. The van der Waals surface area contributed by atoms with Crippen molar-refractivity contribution in [3.63, 3.8) is 0 Å². The summed E-state index contributed by atoms with van der Waals surface area (Å²) in [5.41, 5.74) is 4.20. The summed E-state index contributed by atoms with van der Waals surface area (Å²) < 4.78 is 17.7. The average Bonchev–Trinajstić information content (AvgIpc) is 3.69. The van der Waals surface area contributed by atoms with E-state index in [2.05, 4.69) is 23.8 Å². The largest absolute Gasteiger partial charge is 0.370 e. The van der Waals surface area contributed by atoms with E-state index >= 15 is 0 Å². The molecule has 4 rings (SSSR count). The van der Waals surface area contributed by atoms with Gasteiger partial charge in [-0.25, -0.2) is 0 Å². The highest BCUT2D eigenvalue weighted by Gasteiger charge is 2.42. The number of ether oxygens (including phenoxy) is 3. The van der Waals surface area contributed by atoms with Crippen molar-refractivity contribution in [1.82, 2.24) is 0 Å². The molecule has 2 aromatic rings. The number of epoxide rings is 2. The van der Waals surface area contributed by atoms with Crippen molar-refractivity contribution in [3.05, 3.63) is 84.0 Å². The summed E-state index contributed by atoms with van der Waals surface area (Å²) >= 11 is 0. The summed E-state index contributed by atoms with van der Waals surface area (Å²) in [6, 6.07) is 15.1. The molecule has 0 aromatic heterocycles. The second kappa shape index (κ2) is 9.70. The topological polar surface area (TPSA) is 92.5 Å². The first-order valence-corrected chi connectivity index (χ1v) is 10.8. The monoisotopic (exact) mass is 448 g/mol. The summed E-state index contributed by atoms with van der Waals surface area (Å²) in [6.45, 7) is 11.9. The van der Waals surface area contributed by atoms with E-state index in [0.29, 0.717) is 35.7 Å². The number of nitrogens with one attached hydrogen (secondary N) is 2. The van der Waals surface area contributed by atoms with E-state index in [1.807, 2.05) is 48.5 Å². The highest BCUT2D eigenvalue weighted by molar-refractivity contribution is 6.03. The van der Waals surface area contributed by atoms with E-state index in [-0.39, 0.29) is 36.2 Å². The van der Waals surface area contributed by atoms with Crippen LogP contribution in [0.2, 0.25) is 0 Å². The van der Waals surface area contributed by atoms with E-state index in [1.54, 1.807) is 13.8 Å². The number of hydrogen-bond acceptors (Lipinski definition) is 5. The molecule has 0 spiro atoms. The number of carbonyl (C=O) groups excluding carboxylic acids is 2. The number of hydrogen-bond donors (Lipinski definition) is 2. The molecule has 2 aliphatic heterocycles. The lowest BCUT2D eigenvalue weighted by atomic mass is 10.0. The summed E-state index contributed by atoms with van der Waals surface area (Å²) in [6.07, 6.45) is -0.603. The zero-order valence-electron chi connectivity index (χ0n) is 18.8. The first kappa shape index (κ1) is 22.9. The molecule has 2 N–H and O–H groups in total. The van der Waals surface area contributed by atoms with Gasteiger partial charge in [0.25, 0.3) is 11.8 Å². The molecular weight excluding hydrogens is 420 g/mol. The molecular formula is C26H28N2O5. The minimum Gasteiger partial charge on any atom is -0.370 e. The minimum absolute atomic E-state index is 0.0313. The van der Waals surface area contributed by atoms with Gasteiger partial charge in [-0.15, -0.1) is 0 Å². The van der Waals surface area contributed by atoms with Gasteiger partial charge in [-0.05, 0) is 49.2 Å². The lowest BCUT2D eigenvalue weighted by molar-refractivity contribution is -0.113. The summed E-state index contributed by atoms with van der Waals surface area (Å²) in [7, 11) is 0. The Bertz CT molecular complexity index is 968. The quantitative estimate of drug-likeness (QED) is 0.417. The zero-order valence-corrected chi connectivity index (χ0v) is 18.8. The third-order valence-electron chi connectivity index (χ3n) is 5.46. The first-order valence-electron chi connectivity index (χ1n) is 10.8. The van der Waals surface area contributed by atoms with E-state index < -0.39 is 0 Å². The maximum Gasteiger partial charge on any atom is 0.250 e. The van der Waals surface area contributed by atoms with Crippen LogP contribution in [-0.4, -0.2) is 37.2 Å². The second-order valence-corrected chi connectivity index (χ2v) is 8.43. The summed E-state index contributed by atoms with van der Waals surface area (Å²) in [5.74, 6) is -0.426. The lowest BCUT2D eigenvalue weighted by Crippen LogP contribution is -2.19. The number of carbonyl (C=O) groups is 2. The number of rotatable bonds is 10. The molecule has 4 atom stereocenters. The van der Waals surface area contributed by atoms with Crippen LogP contribution >= 0.6 is 0 Å². The molecule has 7 heteroatoms. The van der Waals surface area contributed by atoms with Crippen molar-refractivity contribution < 1.29 is 23.8 Å². The maximum absolute atomic E-state index is 11.9. The molecule has 0 bridgehead atoms. The minimum atomic E-state index is -0.270. The molecule has 2 amide bonds. The van der Waals surface area contributed by atoms with Crippen LogP contribution in [-0.2, 0) is 23.8 Å². The Labute approximate surface area is 193 Å². The summed E-state index contributed by atoms with van der Waals surface area (Å²) in [5, 5.41) is 5.61. The molecule has 2 aliphatic rings. The van der Waals surface area contributed by atoms with Crippen LogP contribution < -0.4 is 10.6 Å². The van der Waals surface area contributed by atoms with Crippen LogP contribution in [0, 0.1) is 0 Å². The van der Waals surface area contributed by atoms with Crippen molar-refractivity contribution >= 4 is 23.2 Å². The van der Waals surface area contributed by atoms with E-state index in [1.165, 1.54) is 0 Å². The number of anilines is 2. The Hall–Kier alpha value is -3.26. The van der Waals surface area contributed by atoms with Gasteiger partial charge >= 0.3 is 0 Å². The van der Waals surface area contributed by atoms with Crippen molar-refractivity contribution in [3.8, 4) is 0 Å². The SMILES string of the molecule is C=C(C)C(=O)Nc1ccc(C(OC(c2ccc(NC(=O)C(=C)C)cc2)C2CO2)C2CO2)cc1. The second-order valence-electron chi connectivity index (χ2n) is 8.43. The number of benzene rings is 2. The molecule has 172 valence electrons. The molecule has 2 fully saturated rings. The van der Waals surface area contributed by atoms with Gasteiger partial charge in [0.15, 0.2) is 0 Å². The highest BCUT2D eigenvalue weighted by atomic mass is 16.6. The van der Waals surface area contributed by atoms with Crippen molar-refractivity contribution in [2.75, 3.05) is 23.8 Å². The Kier molecular flexibility index (Phi) is 6.74. The highest BCUT2D eigenvalue weighted by Crippen LogP contribution is 2.40. The van der Waals surface area contributed by atoms with Gasteiger partial charge in [-0.2, -0.15) is 0 Å². The van der Waals surface area contributed by atoms with Gasteiger partial charge < -0.3 is 24.8 Å². The Morgan fingerprint density at radius 3 is 1.39 bits per heavy atom. The fourth-order valence-corrected chi connectivity index (χ4v) is 3.37. The predicted octanol–water partition coefficient (Wildman–Crippen LogP) is 4.31. The van der Waals surface area contributed by atoms with Crippen LogP contribution in [0.5, 0.6) is 0 Å². The fraction of sp³-hybridized carbons (Fsp3) is 0.308. The van der Waals surface area contributed by atoms with E-state index in [4.69, 9.17) is 14.2 Å². The van der Waals surface area contributed by atoms with Crippen LogP contribution in [0.1, 0.15) is 37.2 Å². The average molecular weight is 449 g/mol. The van der Waals surface area contributed by atoms with Crippen molar-refractivity contribution in [2.45, 2.75) is 38.3 Å². The molecule has 2 heterocycles. The molecule has 0 aliphatic carbocycles. The smallest absolute Gasteiger partial charge is 0.250 e. The first-order chi connectivity index (χ1) is 15.8. The Morgan fingerprint density at radius 1 is 0.788 bits per heavy atom. The molecule has 33 heavy (non-hydrogen) atoms. The van der Waals surface area contributed by atoms with E-state index in [0.717, 1.165) is 11.1 Å². The van der Waals surface area contributed by atoms with Gasteiger partial charge in [0, 0.05) is 22.5 Å². The lowest BCUT2D eigenvalue weighted by Gasteiger charge is -2.24. The summed E-state index contributed by atoms with van der Waals surface area (Å²) in [4.78, 5) is 23.7. The molecule has 0 radical (unpaired) electrons. The standard InChI is InChI=1S/C26H28N2O5/c1-15(2)25(29)27-19-9-5-17(6-10-19)23(21-13-31-21)33-24(22-14-32-22)18-7-11-20(12-8-18)28-26(30)16(3)4/h5-12,21-24H,1,3,13-14H2,2,4H3,(H,27,29)(H,28,30). The van der Waals surface area contributed by atoms with Crippen molar-refractivity contribution in [1.29, 1.82) is 0 Å². The van der Waals surface area contributed by atoms with Gasteiger partial charge in [-0.3, -0.25) is 9.59 Å². The van der Waals surface area contributed by atoms with Gasteiger partial charge in [-0.1, -0.05) is 37.4 Å². The third-order valence-corrected chi connectivity index (χ3v) is 5.46. The van der Waals surface area contributed by atoms with Gasteiger partial charge in [0.1, 0.15) is 24.4 Å². The third kappa shape index (κ3) is 5.96. The molecule has 2 saturated heterocycles. The van der Waals surface area contributed by atoms with Crippen LogP contribution in [0.25, 0.3) is 0 Å². The van der Waals surface area contributed by atoms with Crippen LogP contribution in [0.4, 0.5) is 11.4 Å².